The van der Waals surface area contributed by atoms with E-state index in [0.717, 1.165) is 12.3 Å². The van der Waals surface area contributed by atoms with E-state index in [9.17, 15) is 4.79 Å². The highest BCUT2D eigenvalue weighted by atomic mass is 16.5. The van der Waals surface area contributed by atoms with Gasteiger partial charge in [0.15, 0.2) is 6.10 Å². The molecule has 1 aromatic rings. The summed E-state index contributed by atoms with van der Waals surface area (Å²) in [4.78, 5) is 12.3. The Morgan fingerprint density at radius 2 is 1.82 bits per heavy atom. The van der Waals surface area contributed by atoms with E-state index in [-0.39, 0.29) is 5.91 Å². The van der Waals surface area contributed by atoms with Crippen molar-refractivity contribution in [3.63, 3.8) is 0 Å². The monoisotopic (exact) mass is 305 g/mol. The van der Waals surface area contributed by atoms with Gasteiger partial charge in [0.25, 0.3) is 5.91 Å². The molecule has 4 nitrogen and oxygen atoms in total. The van der Waals surface area contributed by atoms with Crippen molar-refractivity contribution < 1.29 is 14.3 Å². The van der Waals surface area contributed by atoms with Gasteiger partial charge in [0.05, 0.1) is 7.11 Å². The molecular formula is C18H27NO3. The van der Waals surface area contributed by atoms with Crippen molar-refractivity contribution >= 4 is 5.91 Å². The number of benzene rings is 1. The molecule has 1 fully saturated rings. The van der Waals surface area contributed by atoms with E-state index < -0.39 is 6.10 Å². The molecule has 1 aliphatic carbocycles. The predicted octanol–water partition coefficient (Wildman–Crippen LogP) is 3.55. The summed E-state index contributed by atoms with van der Waals surface area (Å²) >= 11 is 0. The second-order valence-electron chi connectivity index (χ2n) is 5.94. The first kappa shape index (κ1) is 16.7. The molecule has 0 radical (unpaired) electrons. The van der Waals surface area contributed by atoms with E-state index in [2.05, 4.69) is 5.32 Å². The van der Waals surface area contributed by atoms with Crippen molar-refractivity contribution in [1.29, 1.82) is 0 Å². The van der Waals surface area contributed by atoms with Crippen LogP contribution in [0.5, 0.6) is 11.5 Å². The number of rotatable bonds is 7. The molecule has 0 spiro atoms. The summed E-state index contributed by atoms with van der Waals surface area (Å²) in [6, 6.07) is 7.33. The number of amides is 1. The SMILES string of the molecule is CCC(Oc1ccc(OC)cc1)C(=O)NCC1CCCCC1. The molecule has 1 unspecified atom stereocenters. The lowest BCUT2D eigenvalue weighted by atomic mass is 9.89. The van der Waals surface area contributed by atoms with Gasteiger partial charge >= 0.3 is 0 Å². The third-order valence-electron chi connectivity index (χ3n) is 4.29. The van der Waals surface area contributed by atoms with Crippen LogP contribution in [0.15, 0.2) is 24.3 Å². The summed E-state index contributed by atoms with van der Waals surface area (Å²) in [5.74, 6) is 2.10. The van der Waals surface area contributed by atoms with Crippen LogP contribution in [0.4, 0.5) is 0 Å². The minimum absolute atomic E-state index is 0.0103. The summed E-state index contributed by atoms with van der Waals surface area (Å²) in [6.45, 7) is 2.75. The fourth-order valence-corrected chi connectivity index (χ4v) is 2.89. The molecule has 4 heteroatoms. The van der Waals surface area contributed by atoms with Gasteiger partial charge in [-0.25, -0.2) is 0 Å². The highest BCUT2D eigenvalue weighted by Gasteiger charge is 2.20. The van der Waals surface area contributed by atoms with Gasteiger partial charge < -0.3 is 14.8 Å². The number of hydrogen-bond donors (Lipinski definition) is 1. The molecule has 22 heavy (non-hydrogen) atoms. The second-order valence-corrected chi connectivity index (χ2v) is 5.94. The van der Waals surface area contributed by atoms with Gasteiger partial charge in [-0.05, 0) is 49.4 Å². The number of ether oxygens (including phenoxy) is 2. The van der Waals surface area contributed by atoms with E-state index in [1.807, 2.05) is 31.2 Å². The first-order chi connectivity index (χ1) is 10.7. The number of carbonyl (C=O) groups excluding carboxylic acids is 1. The predicted molar refractivity (Wildman–Crippen MR) is 87.3 cm³/mol. The van der Waals surface area contributed by atoms with Gasteiger partial charge in [0.1, 0.15) is 11.5 Å². The lowest BCUT2D eigenvalue weighted by Gasteiger charge is -2.23. The molecule has 0 aliphatic heterocycles. The zero-order chi connectivity index (χ0) is 15.8. The average molecular weight is 305 g/mol. The fourth-order valence-electron chi connectivity index (χ4n) is 2.89. The zero-order valence-corrected chi connectivity index (χ0v) is 13.6. The van der Waals surface area contributed by atoms with Gasteiger partial charge in [-0.1, -0.05) is 26.2 Å². The maximum Gasteiger partial charge on any atom is 0.261 e. The molecule has 2 rings (SSSR count). The molecule has 0 aromatic heterocycles. The Labute approximate surface area is 133 Å². The first-order valence-corrected chi connectivity index (χ1v) is 8.31. The number of methoxy groups -OCH3 is 1. The maximum absolute atomic E-state index is 12.3. The Bertz CT molecular complexity index is 452. The largest absolute Gasteiger partial charge is 0.497 e. The molecule has 1 saturated carbocycles. The summed E-state index contributed by atoms with van der Waals surface area (Å²) in [5.41, 5.74) is 0. The van der Waals surface area contributed by atoms with E-state index in [1.54, 1.807) is 7.11 Å². The third kappa shape index (κ3) is 4.93. The Morgan fingerprint density at radius 3 is 2.41 bits per heavy atom. The Morgan fingerprint density at radius 1 is 1.18 bits per heavy atom. The lowest BCUT2D eigenvalue weighted by molar-refractivity contribution is -0.128. The summed E-state index contributed by atoms with van der Waals surface area (Å²) in [5, 5.41) is 3.06. The van der Waals surface area contributed by atoms with Crippen molar-refractivity contribution in [3.8, 4) is 11.5 Å². The number of hydrogen-bond acceptors (Lipinski definition) is 3. The molecule has 1 aromatic carbocycles. The first-order valence-electron chi connectivity index (χ1n) is 8.31. The molecule has 122 valence electrons. The van der Waals surface area contributed by atoms with Crippen LogP contribution in [0.25, 0.3) is 0 Å². The van der Waals surface area contributed by atoms with Crippen molar-refractivity contribution in [1.82, 2.24) is 5.32 Å². The summed E-state index contributed by atoms with van der Waals surface area (Å²) < 4.78 is 10.9. The molecule has 1 aliphatic rings. The highest BCUT2D eigenvalue weighted by molar-refractivity contribution is 5.81. The van der Waals surface area contributed by atoms with Gasteiger partial charge in [0.2, 0.25) is 0 Å². The molecule has 1 atom stereocenters. The van der Waals surface area contributed by atoms with Crippen LogP contribution >= 0.6 is 0 Å². The number of carbonyl (C=O) groups is 1. The molecule has 1 N–H and O–H groups in total. The molecule has 0 heterocycles. The Hall–Kier alpha value is -1.71. The van der Waals surface area contributed by atoms with Crippen molar-refractivity contribution in [2.45, 2.75) is 51.6 Å². The normalized spacial score (nSPS) is 16.8. The van der Waals surface area contributed by atoms with Crippen LogP contribution in [0.3, 0.4) is 0 Å². The maximum atomic E-state index is 12.3. The minimum atomic E-state index is -0.433. The van der Waals surface area contributed by atoms with Crippen LogP contribution < -0.4 is 14.8 Å². The highest BCUT2D eigenvalue weighted by Crippen LogP contribution is 2.23. The van der Waals surface area contributed by atoms with Crippen LogP contribution in [0, 0.1) is 5.92 Å². The summed E-state index contributed by atoms with van der Waals surface area (Å²) in [7, 11) is 1.63. The Balaban J connectivity index is 1.82. The topological polar surface area (TPSA) is 47.6 Å². The van der Waals surface area contributed by atoms with Gasteiger partial charge in [-0.2, -0.15) is 0 Å². The molecule has 1 amide bonds. The lowest BCUT2D eigenvalue weighted by Crippen LogP contribution is -2.40. The number of nitrogens with one attached hydrogen (secondary N) is 1. The van der Waals surface area contributed by atoms with Crippen LogP contribution in [0.2, 0.25) is 0 Å². The summed E-state index contributed by atoms with van der Waals surface area (Å²) in [6.07, 6.45) is 6.61. The van der Waals surface area contributed by atoms with E-state index >= 15 is 0 Å². The fraction of sp³-hybridized carbons (Fsp3) is 0.611. The van der Waals surface area contributed by atoms with E-state index in [0.29, 0.717) is 18.1 Å². The molecular weight excluding hydrogens is 278 g/mol. The minimum Gasteiger partial charge on any atom is -0.497 e. The zero-order valence-electron chi connectivity index (χ0n) is 13.6. The quantitative estimate of drug-likeness (QED) is 0.838. The molecule has 0 saturated heterocycles. The van der Waals surface area contributed by atoms with Crippen molar-refractivity contribution in [2.75, 3.05) is 13.7 Å². The van der Waals surface area contributed by atoms with Gasteiger partial charge in [-0.15, -0.1) is 0 Å². The second kappa shape index (κ2) is 8.66. The smallest absolute Gasteiger partial charge is 0.261 e. The third-order valence-corrected chi connectivity index (χ3v) is 4.29. The van der Waals surface area contributed by atoms with E-state index in [4.69, 9.17) is 9.47 Å². The standard InChI is InChI=1S/C18H27NO3/c1-3-17(22-16-11-9-15(21-2)10-12-16)18(20)19-13-14-7-5-4-6-8-14/h9-12,14,17H,3-8,13H2,1-2H3,(H,19,20). The Kier molecular flexibility index (Phi) is 6.56. The average Bonchev–Trinajstić information content (AvgIpc) is 2.59. The van der Waals surface area contributed by atoms with Crippen molar-refractivity contribution in [2.24, 2.45) is 5.92 Å². The van der Waals surface area contributed by atoms with Crippen molar-refractivity contribution in [3.05, 3.63) is 24.3 Å². The van der Waals surface area contributed by atoms with Crippen LogP contribution in [0.1, 0.15) is 45.4 Å². The van der Waals surface area contributed by atoms with E-state index in [1.165, 1.54) is 32.1 Å². The van der Waals surface area contributed by atoms with Crippen LogP contribution in [-0.4, -0.2) is 25.7 Å². The van der Waals surface area contributed by atoms with Crippen LogP contribution in [-0.2, 0) is 4.79 Å². The van der Waals surface area contributed by atoms with Gasteiger partial charge in [-0.3, -0.25) is 4.79 Å². The molecule has 0 bridgehead atoms. The van der Waals surface area contributed by atoms with Gasteiger partial charge in [0, 0.05) is 6.54 Å².